The van der Waals surface area contributed by atoms with Gasteiger partial charge in [0.2, 0.25) is 11.8 Å². The van der Waals surface area contributed by atoms with Crippen LogP contribution in [0.4, 0.5) is 0 Å². The SMILES string of the molecule is CCCCCCCC/C=C\CCCCCCCC(=O)NC(CCNC(=N)NC)C(=O)NCCCCCCC/C=C\CCCCCCCCC. The second-order valence-corrected chi connectivity index (χ2v) is 14.0. The van der Waals surface area contributed by atoms with E-state index < -0.39 is 6.04 Å². The molecule has 1 atom stereocenters. The number of nitrogens with one attached hydrogen (secondary N) is 5. The van der Waals surface area contributed by atoms with Gasteiger partial charge in [0.25, 0.3) is 0 Å². The van der Waals surface area contributed by atoms with Gasteiger partial charge in [0.15, 0.2) is 5.96 Å². The molecule has 7 heteroatoms. The molecule has 0 aromatic carbocycles. The Morgan fingerprint density at radius 2 is 0.939 bits per heavy atom. The summed E-state index contributed by atoms with van der Waals surface area (Å²) in [6.45, 7) is 5.62. The fraction of sp³-hybridized carbons (Fsp3) is 0.833. The molecule has 0 radical (unpaired) electrons. The minimum Gasteiger partial charge on any atom is -0.360 e. The summed E-state index contributed by atoms with van der Waals surface area (Å²) in [5.41, 5.74) is 0. The Hall–Kier alpha value is -2.31. The number of amides is 2. The van der Waals surface area contributed by atoms with Crippen molar-refractivity contribution in [2.75, 3.05) is 20.1 Å². The van der Waals surface area contributed by atoms with Crippen LogP contribution >= 0.6 is 0 Å². The Morgan fingerprint density at radius 1 is 0.531 bits per heavy atom. The maximum absolute atomic E-state index is 13.0. The lowest BCUT2D eigenvalue weighted by atomic mass is 10.1. The first-order valence-corrected chi connectivity index (χ1v) is 20.9. The minimum atomic E-state index is -0.583. The number of carbonyl (C=O) groups is 2. The Kier molecular flexibility index (Phi) is 36.7. The van der Waals surface area contributed by atoms with Crippen molar-refractivity contribution in [1.29, 1.82) is 5.41 Å². The second-order valence-electron chi connectivity index (χ2n) is 14.0. The van der Waals surface area contributed by atoms with Gasteiger partial charge in [0.1, 0.15) is 6.04 Å². The van der Waals surface area contributed by atoms with Gasteiger partial charge < -0.3 is 21.3 Å². The summed E-state index contributed by atoms with van der Waals surface area (Å²) in [6.07, 6.45) is 44.0. The Bertz CT molecular complexity index is 813. The van der Waals surface area contributed by atoms with E-state index in [1.54, 1.807) is 7.05 Å². The van der Waals surface area contributed by atoms with E-state index in [2.05, 4.69) is 59.4 Å². The summed E-state index contributed by atoms with van der Waals surface area (Å²) in [4.78, 5) is 25.7. The predicted molar refractivity (Wildman–Crippen MR) is 213 cm³/mol. The number of hydrogen-bond donors (Lipinski definition) is 5. The maximum atomic E-state index is 13.0. The lowest BCUT2D eigenvalue weighted by Gasteiger charge is -2.19. The van der Waals surface area contributed by atoms with E-state index in [0.717, 1.165) is 38.5 Å². The Balaban J connectivity index is 4.03. The maximum Gasteiger partial charge on any atom is 0.242 e. The molecule has 0 rings (SSSR count). The summed E-state index contributed by atoms with van der Waals surface area (Å²) in [7, 11) is 1.68. The fourth-order valence-corrected chi connectivity index (χ4v) is 6.03. The molecule has 0 saturated heterocycles. The monoisotopic (exact) mass is 688 g/mol. The first-order valence-electron chi connectivity index (χ1n) is 20.9. The molecule has 0 aliphatic heterocycles. The van der Waals surface area contributed by atoms with Crippen molar-refractivity contribution in [2.24, 2.45) is 0 Å². The number of allylic oxidation sites excluding steroid dienone is 4. The molecule has 49 heavy (non-hydrogen) atoms. The van der Waals surface area contributed by atoms with Crippen molar-refractivity contribution in [3.05, 3.63) is 24.3 Å². The zero-order valence-corrected chi connectivity index (χ0v) is 32.6. The smallest absolute Gasteiger partial charge is 0.242 e. The lowest BCUT2D eigenvalue weighted by molar-refractivity contribution is -0.129. The van der Waals surface area contributed by atoms with Gasteiger partial charge in [0.05, 0.1) is 0 Å². The standard InChI is InChI=1S/C42H81N5O2/c1-4-6-8-10-12-14-16-18-20-22-24-26-28-30-32-34-37-45-41(49)39(36-38-46-42(43)44-3)47-40(48)35-33-31-29-27-25-23-21-19-17-15-13-11-9-7-5-2/h19-22,39H,4-18,23-38H2,1-3H3,(H,45,49)(H,47,48)(H3,43,44,46)/b21-19-,22-20-. The number of carbonyl (C=O) groups excluding carboxylic acids is 2. The van der Waals surface area contributed by atoms with Gasteiger partial charge in [0, 0.05) is 26.6 Å². The Morgan fingerprint density at radius 3 is 1.39 bits per heavy atom. The van der Waals surface area contributed by atoms with Crippen LogP contribution in [0.1, 0.15) is 200 Å². The molecule has 0 aliphatic carbocycles. The molecule has 0 aromatic heterocycles. The topological polar surface area (TPSA) is 106 Å². The summed E-state index contributed by atoms with van der Waals surface area (Å²) in [5, 5.41) is 19.4. The van der Waals surface area contributed by atoms with Crippen LogP contribution < -0.4 is 21.3 Å². The van der Waals surface area contributed by atoms with Crippen molar-refractivity contribution in [3.63, 3.8) is 0 Å². The molecule has 0 aliphatic rings. The van der Waals surface area contributed by atoms with Gasteiger partial charge in [-0.15, -0.1) is 0 Å². The van der Waals surface area contributed by atoms with Crippen LogP contribution in [0.5, 0.6) is 0 Å². The van der Waals surface area contributed by atoms with Crippen molar-refractivity contribution in [2.45, 2.75) is 206 Å². The number of rotatable bonds is 36. The highest BCUT2D eigenvalue weighted by molar-refractivity contribution is 5.87. The van der Waals surface area contributed by atoms with E-state index in [0.29, 0.717) is 25.9 Å². The van der Waals surface area contributed by atoms with Gasteiger partial charge in [-0.1, -0.05) is 147 Å². The van der Waals surface area contributed by atoms with E-state index in [-0.39, 0.29) is 17.8 Å². The van der Waals surface area contributed by atoms with Crippen molar-refractivity contribution >= 4 is 17.8 Å². The Labute approximate surface area is 304 Å². The fourth-order valence-electron chi connectivity index (χ4n) is 6.03. The second kappa shape index (κ2) is 38.5. The quantitative estimate of drug-likeness (QED) is 0.0196. The molecule has 0 saturated carbocycles. The van der Waals surface area contributed by atoms with Crippen molar-refractivity contribution < 1.29 is 9.59 Å². The lowest BCUT2D eigenvalue weighted by Crippen LogP contribution is -2.48. The van der Waals surface area contributed by atoms with E-state index in [1.807, 2.05) is 0 Å². The average molecular weight is 688 g/mol. The first-order chi connectivity index (χ1) is 24.0. The number of unbranched alkanes of at least 4 members (excludes halogenated alkanes) is 23. The van der Waals surface area contributed by atoms with Gasteiger partial charge in [-0.3, -0.25) is 15.0 Å². The van der Waals surface area contributed by atoms with Gasteiger partial charge in [-0.2, -0.15) is 0 Å². The average Bonchev–Trinajstić information content (AvgIpc) is 3.10. The van der Waals surface area contributed by atoms with Gasteiger partial charge in [-0.05, 0) is 70.6 Å². The summed E-state index contributed by atoms with van der Waals surface area (Å²) < 4.78 is 0. The molecule has 1 unspecified atom stereocenters. The normalized spacial score (nSPS) is 12.1. The van der Waals surface area contributed by atoms with Crippen LogP contribution in [-0.2, 0) is 9.59 Å². The molecule has 0 fully saturated rings. The molecule has 0 aromatic rings. The first kappa shape index (κ1) is 46.7. The molecule has 7 nitrogen and oxygen atoms in total. The van der Waals surface area contributed by atoms with Crippen LogP contribution in [0.2, 0.25) is 0 Å². The van der Waals surface area contributed by atoms with Gasteiger partial charge in [-0.25, -0.2) is 0 Å². The minimum absolute atomic E-state index is 0.0575. The van der Waals surface area contributed by atoms with Crippen LogP contribution in [-0.4, -0.2) is 44.0 Å². The van der Waals surface area contributed by atoms with E-state index >= 15 is 0 Å². The third kappa shape index (κ3) is 35.3. The van der Waals surface area contributed by atoms with Crippen molar-refractivity contribution in [1.82, 2.24) is 21.3 Å². The molecular weight excluding hydrogens is 606 g/mol. The van der Waals surface area contributed by atoms with Gasteiger partial charge >= 0.3 is 0 Å². The molecule has 5 N–H and O–H groups in total. The molecule has 286 valence electrons. The highest BCUT2D eigenvalue weighted by Crippen LogP contribution is 2.12. The zero-order chi connectivity index (χ0) is 35.9. The van der Waals surface area contributed by atoms with Crippen LogP contribution in [0.15, 0.2) is 24.3 Å². The molecule has 0 bridgehead atoms. The highest BCUT2D eigenvalue weighted by atomic mass is 16.2. The molecule has 0 heterocycles. The molecule has 0 spiro atoms. The summed E-state index contributed by atoms with van der Waals surface area (Å²) >= 11 is 0. The van der Waals surface area contributed by atoms with Crippen molar-refractivity contribution in [3.8, 4) is 0 Å². The third-order valence-corrected chi connectivity index (χ3v) is 9.29. The highest BCUT2D eigenvalue weighted by Gasteiger charge is 2.20. The largest absolute Gasteiger partial charge is 0.360 e. The number of hydrogen-bond acceptors (Lipinski definition) is 3. The summed E-state index contributed by atoms with van der Waals surface area (Å²) in [6, 6.07) is -0.583. The van der Waals surface area contributed by atoms with E-state index in [4.69, 9.17) is 5.41 Å². The van der Waals surface area contributed by atoms with Crippen LogP contribution in [0, 0.1) is 5.41 Å². The molecular formula is C42H81N5O2. The molecule has 2 amide bonds. The van der Waals surface area contributed by atoms with E-state index in [1.165, 1.54) is 135 Å². The number of guanidine groups is 1. The van der Waals surface area contributed by atoms with Crippen LogP contribution in [0.3, 0.4) is 0 Å². The van der Waals surface area contributed by atoms with E-state index in [9.17, 15) is 9.59 Å². The zero-order valence-electron chi connectivity index (χ0n) is 32.6. The summed E-state index contributed by atoms with van der Waals surface area (Å²) in [5.74, 6) is 0.0298. The third-order valence-electron chi connectivity index (χ3n) is 9.29. The van der Waals surface area contributed by atoms with Crippen LogP contribution in [0.25, 0.3) is 0 Å². The predicted octanol–water partition coefficient (Wildman–Crippen LogP) is 10.8.